The van der Waals surface area contributed by atoms with Crippen LogP contribution in [-0.2, 0) is 20.8 Å². The molecule has 2 aliphatic rings. The molecule has 0 aromatic heterocycles. The highest BCUT2D eigenvalue weighted by atomic mass is 19.1. The summed E-state index contributed by atoms with van der Waals surface area (Å²) in [7, 11) is 1.40. The SMILES string of the molecule is COC1=C(C(=O)O)C(C)=CC(N2CCOCC2)N1Cc1cc(F)cc(F)c1. The number of aliphatic carboxylic acids is 1. The molecule has 1 N–H and O–H groups in total. The molecule has 1 atom stereocenters. The predicted octanol–water partition coefficient (Wildman–Crippen LogP) is 2.33. The van der Waals surface area contributed by atoms with Gasteiger partial charge in [0.05, 0.1) is 20.3 Å². The second kappa shape index (κ2) is 8.06. The fraction of sp³-hybridized carbons (Fsp3) is 0.421. The highest BCUT2D eigenvalue weighted by Crippen LogP contribution is 2.31. The Morgan fingerprint density at radius 1 is 1.26 bits per heavy atom. The fourth-order valence-corrected chi connectivity index (χ4v) is 3.52. The summed E-state index contributed by atoms with van der Waals surface area (Å²) in [6.45, 7) is 4.24. The van der Waals surface area contributed by atoms with Crippen molar-refractivity contribution in [3.05, 3.63) is 58.5 Å². The molecule has 2 heterocycles. The summed E-state index contributed by atoms with van der Waals surface area (Å²) >= 11 is 0. The minimum Gasteiger partial charge on any atom is -0.482 e. The summed E-state index contributed by atoms with van der Waals surface area (Å²) in [5.41, 5.74) is 1.01. The van der Waals surface area contributed by atoms with Crippen molar-refractivity contribution in [2.24, 2.45) is 0 Å². The first-order valence-corrected chi connectivity index (χ1v) is 8.64. The van der Waals surface area contributed by atoms with Crippen LogP contribution >= 0.6 is 0 Å². The highest BCUT2D eigenvalue weighted by molar-refractivity contribution is 5.92. The quantitative estimate of drug-likeness (QED) is 0.846. The predicted molar refractivity (Wildman–Crippen MR) is 93.5 cm³/mol. The number of benzene rings is 1. The van der Waals surface area contributed by atoms with Crippen LogP contribution in [0.2, 0.25) is 0 Å². The maximum Gasteiger partial charge on any atom is 0.341 e. The van der Waals surface area contributed by atoms with Gasteiger partial charge in [0.15, 0.2) is 0 Å². The van der Waals surface area contributed by atoms with Crippen LogP contribution in [0.5, 0.6) is 0 Å². The average Bonchev–Trinajstić information content (AvgIpc) is 2.62. The normalized spacial score (nSPS) is 21.3. The van der Waals surface area contributed by atoms with E-state index in [-0.39, 0.29) is 24.2 Å². The summed E-state index contributed by atoms with van der Waals surface area (Å²) < 4.78 is 38.1. The van der Waals surface area contributed by atoms with Gasteiger partial charge >= 0.3 is 5.97 Å². The summed E-state index contributed by atoms with van der Waals surface area (Å²) in [4.78, 5) is 15.6. The molecule has 2 aliphatic heterocycles. The molecule has 0 aliphatic carbocycles. The van der Waals surface area contributed by atoms with Gasteiger partial charge in [0.2, 0.25) is 5.88 Å². The molecule has 0 saturated carbocycles. The molecule has 0 radical (unpaired) electrons. The van der Waals surface area contributed by atoms with E-state index in [0.717, 1.165) is 6.07 Å². The van der Waals surface area contributed by atoms with Gasteiger partial charge in [-0.25, -0.2) is 13.6 Å². The summed E-state index contributed by atoms with van der Waals surface area (Å²) in [6, 6.07) is 3.27. The lowest BCUT2D eigenvalue weighted by molar-refractivity contribution is -0.133. The van der Waals surface area contributed by atoms with Crippen molar-refractivity contribution < 1.29 is 28.2 Å². The van der Waals surface area contributed by atoms with Gasteiger partial charge in [-0.05, 0) is 36.3 Å². The van der Waals surface area contributed by atoms with E-state index in [2.05, 4.69) is 4.90 Å². The van der Waals surface area contributed by atoms with Crippen molar-refractivity contribution in [1.82, 2.24) is 9.80 Å². The second-order valence-corrected chi connectivity index (χ2v) is 6.51. The fourth-order valence-electron chi connectivity index (χ4n) is 3.52. The van der Waals surface area contributed by atoms with E-state index in [0.29, 0.717) is 37.4 Å². The van der Waals surface area contributed by atoms with Gasteiger partial charge in [-0.15, -0.1) is 0 Å². The molecule has 6 nitrogen and oxygen atoms in total. The van der Waals surface area contributed by atoms with Gasteiger partial charge in [-0.2, -0.15) is 0 Å². The Labute approximate surface area is 156 Å². The molecule has 1 fully saturated rings. The Morgan fingerprint density at radius 3 is 2.44 bits per heavy atom. The van der Waals surface area contributed by atoms with Crippen molar-refractivity contribution >= 4 is 5.97 Å². The number of halogens is 2. The zero-order chi connectivity index (χ0) is 19.6. The Kier molecular flexibility index (Phi) is 5.76. The van der Waals surface area contributed by atoms with Crippen LogP contribution in [-0.4, -0.2) is 60.5 Å². The molecule has 0 spiro atoms. The molecule has 0 bridgehead atoms. The summed E-state index contributed by atoms with van der Waals surface area (Å²) in [5.74, 6) is -2.31. The van der Waals surface area contributed by atoms with E-state index >= 15 is 0 Å². The lowest BCUT2D eigenvalue weighted by Crippen LogP contribution is -2.52. The molecule has 1 aromatic carbocycles. The largest absolute Gasteiger partial charge is 0.482 e. The first kappa shape index (κ1) is 19.3. The van der Waals surface area contributed by atoms with E-state index < -0.39 is 17.6 Å². The monoisotopic (exact) mass is 380 g/mol. The van der Waals surface area contributed by atoms with Gasteiger partial charge in [0, 0.05) is 25.7 Å². The first-order valence-electron chi connectivity index (χ1n) is 8.64. The lowest BCUT2D eigenvalue weighted by atomic mass is 10.0. The topological polar surface area (TPSA) is 62.2 Å². The van der Waals surface area contributed by atoms with Crippen molar-refractivity contribution in [1.29, 1.82) is 0 Å². The number of ether oxygens (including phenoxy) is 2. The number of rotatable bonds is 5. The van der Waals surface area contributed by atoms with Crippen LogP contribution in [0.1, 0.15) is 12.5 Å². The molecular weight excluding hydrogens is 358 g/mol. The third-order valence-electron chi connectivity index (χ3n) is 4.69. The van der Waals surface area contributed by atoms with E-state index in [4.69, 9.17) is 9.47 Å². The number of nitrogens with zero attached hydrogens (tertiary/aromatic N) is 2. The Balaban J connectivity index is 2.02. The number of methoxy groups -OCH3 is 1. The van der Waals surface area contributed by atoms with Crippen LogP contribution in [0, 0.1) is 11.6 Å². The van der Waals surface area contributed by atoms with Crippen molar-refractivity contribution in [2.45, 2.75) is 19.6 Å². The number of carbonyl (C=O) groups is 1. The Bertz CT molecular complexity index is 768. The van der Waals surface area contributed by atoms with E-state index in [1.165, 1.54) is 19.2 Å². The summed E-state index contributed by atoms with van der Waals surface area (Å²) in [5, 5.41) is 9.62. The van der Waals surface area contributed by atoms with Crippen LogP contribution in [0.25, 0.3) is 0 Å². The van der Waals surface area contributed by atoms with Gasteiger partial charge in [0.1, 0.15) is 23.4 Å². The maximum atomic E-state index is 13.6. The van der Waals surface area contributed by atoms with E-state index in [9.17, 15) is 18.7 Å². The van der Waals surface area contributed by atoms with Crippen molar-refractivity contribution in [2.75, 3.05) is 33.4 Å². The number of hydrogen-bond donors (Lipinski definition) is 1. The van der Waals surface area contributed by atoms with Gasteiger partial charge in [0.25, 0.3) is 0 Å². The second-order valence-electron chi connectivity index (χ2n) is 6.51. The zero-order valence-corrected chi connectivity index (χ0v) is 15.2. The third kappa shape index (κ3) is 4.12. The molecule has 1 aromatic rings. The van der Waals surface area contributed by atoms with Crippen LogP contribution in [0.15, 0.2) is 41.3 Å². The number of morpholine rings is 1. The molecule has 3 rings (SSSR count). The van der Waals surface area contributed by atoms with Crippen LogP contribution in [0.3, 0.4) is 0 Å². The molecule has 146 valence electrons. The molecule has 1 unspecified atom stereocenters. The molecular formula is C19H22F2N2O4. The zero-order valence-electron chi connectivity index (χ0n) is 15.2. The summed E-state index contributed by atoms with van der Waals surface area (Å²) in [6.07, 6.45) is 1.53. The number of carboxylic acids is 1. The van der Waals surface area contributed by atoms with Crippen molar-refractivity contribution in [3.63, 3.8) is 0 Å². The standard InChI is InChI=1S/C19H22F2N2O4/c1-12-7-16(22-3-5-27-6-4-22)23(18(26-2)17(12)19(24)25)11-13-8-14(20)10-15(21)9-13/h7-10,16H,3-6,11H2,1-2H3,(H,24,25). The van der Waals surface area contributed by atoms with Crippen LogP contribution in [0.4, 0.5) is 8.78 Å². The van der Waals surface area contributed by atoms with E-state index in [1.54, 1.807) is 11.8 Å². The lowest BCUT2D eigenvalue weighted by Gasteiger charge is -2.43. The smallest absolute Gasteiger partial charge is 0.341 e. The van der Waals surface area contributed by atoms with E-state index in [1.807, 2.05) is 6.08 Å². The minimum absolute atomic E-state index is 0.0406. The first-order chi connectivity index (χ1) is 12.9. The minimum atomic E-state index is -1.11. The third-order valence-corrected chi connectivity index (χ3v) is 4.69. The highest BCUT2D eigenvalue weighted by Gasteiger charge is 2.35. The van der Waals surface area contributed by atoms with Gasteiger partial charge in [-0.3, -0.25) is 4.90 Å². The Morgan fingerprint density at radius 2 is 1.89 bits per heavy atom. The Hall–Kier alpha value is -2.45. The maximum absolute atomic E-state index is 13.6. The van der Waals surface area contributed by atoms with Crippen molar-refractivity contribution in [3.8, 4) is 0 Å². The average molecular weight is 380 g/mol. The molecule has 8 heteroatoms. The van der Waals surface area contributed by atoms with Gasteiger partial charge < -0.3 is 19.5 Å². The van der Waals surface area contributed by atoms with Gasteiger partial charge in [-0.1, -0.05) is 0 Å². The molecule has 27 heavy (non-hydrogen) atoms. The molecule has 1 saturated heterocycles. The number of hydrogen-bond acceptors (Lipinski definition) is 5. The number of carboxylic acid groups (broad SMARTS) is 1. The molecule has 0 amide bonds. The van der Waals surface area contributed by atoms with Crippen LogP contribution < -0.4 is 0 Å².